The number of nitrogens with one attached hydrogen (secondary N) is 1. The van der Waals surface area contributed by atoms with Crippen molar-refractivity contribution in [1.82, 2.24) is 15.1 Å². The number of hydrogen-bond acceptors (Lipinski definition) is 2. The quantitative estimate of drug-likeness (QED) is 0.829. The summed E-state index contributed by atoms with van der Waals surface area (Å²) in [5.74, 6) is 0. The number of halogens is 1. The molecule has 0 bridgehead atoms. The first-order chi connectivity index (χ1) is 7.60. The maximum atomic E-state index is 5.72. The van der Waals surface area contributed by atoms with E-state index in [1.807, 2.05) is 11.7 Å². The fourth-order valence-corrected chi connectivity index (χ4v) is 2.01. The van der Waals surface area contributed by atoms with Crippen LogP contribution in [-0.4, -0.2) is 16.3 Å². The lowest BCUT2D eigenvalue weighted by molar-refractivity contribution is 0.698. The molecule has 0 saturated heterocycles. The summed E-state index contributed by atoms with van der Waals surface area (Å²) in [6.45, 7) is 9.40. The molecule has 0 aliphatic rings. The first-order valence-corrected chi connectivity index (χ1v) is 6.05. The predicted octanol–water partition coefficient (Wildman–Crippen LogP) is 2.39. The lowest BCUT2D eigenvalue weighted by Gasteiger charge is -2.06. The monoisotopic (exact) mass is 241 g/mol. The normalized spacial score (nSPS) is 10.8. The summed E-state index contributed by atoms with van der Waals surface area (Å²) in [6, 6.07) is 0. The topological polar surface area (TPSA) is 29.9 Å². The largest absolute Gasteiger partial charge is 0.308 e. The fourth-order valence-electron chi connectivity index (χ4n) is 1.92. The summed E-state index contributed by atoms with van der Waals surface area (Å²) >= 11 is 5.72. The summed E-state index contributed by atoms with van der Waals surface area (Å²) in [5, 5.41) is 8.44. The molecule has 0 aliphatic carbocycles. The van der Waals surface area contributed by atoms with Crippen LogP contribution < -0.4 is 5.32 Å². The van der Waals surface area contributed by atoms with E-state index in [1.54, 1.807) is 0 Å². The Hall–Kier alpha value is -0.800. The molecule has 90 valence electrons. The molecule has 1 heterocycles. The van der Waals surface area contributed by atoms with Crippen molar-refractivity contribution >= 4 is 11.6 Å². The molecule has 4 heteroatoms. The second-order valence-corrected chi connectivity index (χ2v) is 4.36. The van der Waals surface area contributed by atoms with Crippen LogP contribution in [0.15, 0.2) is 11.6 Å². The van der Waals surface area contributed by atoms with Crippen molar-refractivity contribution in [3.63, 3.8) is 0 Å². The van der Waals surface area contributed by atoms with Crippen molar-refractivity contribution < 1.29 is 0 Å². The van der Waals surface area contributed by atoms with Gasteiger partial charge in [-0.05, 0) is 12.8 Å². The number of aryl methyl sites for hydroxylation is 2. The van der Waals surface area contributed by atoms with Gasteiger partial charge >= 0.3 is 0 Å². The zero-order valence-corrected chi connectivity index (χ0v) is 11.1. The van der Waals surface area contributed by atoms with Crippen LogP contribution in [-0.2, 0) is 26.4 Å². The molecule has 0 amide bonds. The molecule has 0 unspecified atom stereocenters. The van der Waals surface area contributed by atoms with Crippen molar-refractivity contribution in [1.29, 1.82) is 0 Å². The van der Waals surface area contributed by atoms with Crippen LogP contribution in [0.25, 0.3) is 0 Å². The van der Waals surface area contributed by atoms with Crippen LogP contribution >= 0.6 is 11.6 Å². The van der Waals surface area contributed by atoms with Crippen LogP contribution in [0.5, 0.6) is 0 Å². The molecule has 1 rings (SSSR count). The molecule has 0 saturated carbocycles. The average Bonchev–Trinajstić information content (AvgIpc) is 2.54. The number of nitrogens with zero attached hydrogens (tertiary/aromatic N) is 2. The van der Waals surface area contributed by atoms with Crippen molar-refractivity contribution in [2.24, 2.45) is 7.05 Å². The Kier molecular flexibility index (Phi) is 5.03. The van der Waals surface area contributed by atoms with E-state index in [0.29, 0.717) is 11.6 Å². The highest BCUT2D eigenvalue weighted by Gasteiger charge is 2.12. The molecule has 1 aromatic heterocycles. The number of rotatable bonds is 6. The molecule has 3 nitrogen and oxygen atoms in total. The van der Waals surface area contributed by atoms with Gasteiger partial charge in [-0.1, -0.05) is 32.0 Å². The van der Waals surface area contributed by atoms with Crippen LogP contribution in [0.1, 0.15) is 30.8 Å². The number of aromatic nitrogens is 2. The zero-order chi connectivity index (χ0) is 12.1. The minimum atomic E-state index is 0.639. The lowest BCUT2D eigenvalue weighted by Crippen LogP contribution is -2.16. The van der Waals surface area contributed by atoms with E-state index >= 15 is 0 Å². The Morgan fingerprint density at radius 3 is 2.62 bits per heavy atom. The summed E-state index contributed by atoms with van der Waals surface area (Å²) in [4.78, 5) is 0. The van der Waals surface area contributed by atoms with Gasteiger partial charge in [0.05, 0.1) is 5.69 Å². The third kappa shape index (κ3) is 3.09. The van der Waals surface area contributed by atoms with E-state index < -0.39 is 0 Å². The Balaban J connectivity index is 2.79. The molecule has 0 radical (unpaired) electrons. The van der Waals surface area contributed by atoms with Gasteiger partial charge in [0.2, 0.25) is 0 Å². The third-order valence-electron chi connectivity index (χ3n) is 2.65. The summed E-state index contributed by atoms with van der Waals surface area (Å²) in [6.07, 6.45) is 1.97. The first kappa shape index (κ1) is 13.3. The summed E-state index contributed by atoms with van der Waals surface area (Å²) in [7, 11) is 2.00. The van der Waals surface area contributed by atoms with E-state index in [2.05, 4.69) is 30.8 Å². The second-order valence-electron chi connectivity index (χ2n) is 3.82. The highest BCUT2D eigenvalue weighted by molar-refractivity contribution is 6.29. The van der Waals surface area contributed by atoms with Crippen molar-refractivity contribution in [2.75, 3.05) is 6.54 Å². The molecule has 16 heavy (non-hydrogen) atoms. The first-order valence-electron chi connectivity index (χ1n) is 5.67. The molecule has 0 spiro atoms. The van der Waals surface area contributed by atoms with Crippen LogP contribution in [0.2, 0.25) is 0 Å². The van der Waals surface area contributed by atoms with Gasteiger partial charge in [-0.25, -0.2) is 0 Å². The van der Waals surface area contributed by atoms with Crippen molar-refractivity contribution in [3.8, 4) is 0 Å². The maximum absolute atomic E-state index is 5.72. The van der Waals surface area contributed by atoms with E-state index in [9.17, 15) is 0 Å². The smallest absolute Gasteiger partial charge is 0.0669 e. The molecular formula is C12H20ClN3. The minimum Gasteiger partial charge on any atom is -0.308 e. The molecule has 0 aromatic carbocycles. The SMILES string of the molecule is C=C(Cl)CNCc1c(CC)nn(C)c1CC. The van der Waals surface area contributed by atoms with E-state index in [-0.39, 0.29) is 0 Å². The Morgan fingerprint density at radius 2 is 2.12 bits per heavy atom. The third-order valence-corrected chi connectivity index (χ3v) is 2.78. The van der Waals surface area contributed by atoms with Crippen molar-refractivity contribution in [2.45, 2.75) is 33.2 Å². The van der Waals surface area contributed by atoms with Crippen LogP contribution in [0, 0.1) is 0 Å². The van der Waals surface area contributed by atoms with Gasteiger partial charge < -0.3 is 5.32 Å². The maximum Gasteiger partial charge on any atom is 0.0669 e. The van der Waals surface area contributed by atoms with E-state index in [4.69, 9.17) is 11.6 Å². The van der Waals surface area contributed by atoms with Gasteiger partial charge in [-0.2, -0.15) is 5.10 Å². The Morgan fingerprint density at radius 1 is 1.44 bits per heavy atom. The predicted molar refractivity (Wildman–Crippen MR) is 68.7 cm³/mol. The minimum absolute atomic E-state index is 0.639. The van der Waals surface area contributed by atoms with Gasteiger partial charge in [0.15, 0.2) is 0 Å². The van der Waals surface area contributed by atoms with Crippen LogP contribution in [0.4, 0.5) is 0 Å². The Labute approximate surface area is 102 Å². The summed E-state index contributed by atoms with van der Waals surface area (Å²) in [5.41, 5.74) is 3.78. The molecular weight excluding hydrogens is 222 g/mol. The van der Waals surface area contributed by atoms with Gasteiger partial charge in [0, 0.05) is 36.4 Å². The lowest BCUT2D eigenvalue weighted by atomic mass is 10.1. The molecule has 0 fully saturated rings. The molecule has 1 aromatic rings. The van der Waals surface area contributed by atoms with Gasteiger partial charge in [-0.15, -0.1) is 0 Å². The van der Waals surface area contributed by atoms with E-state index in [1.165, 1.54) is 17.0 Å². The van der Waals surface area contributed by atoms with Gasteiger partial charge in [-0.3, -0.25) is 4.68 Å². The molecule has 0 aliphatic heterocycles. The Bertz CT molecular complexity index is 369. The van der Waals surface area contributed by atoms with Gasteiger partial charge in [0.25, 0.3) is 0 Å². The zero-order valence-electron chi connectivity index (χ0n) is 10.3. The van der Waals surface area contributed by atoms with E-state index in [0.717, 1.165) is 19.4 Å². The average molecular weight is 242 g/mol. The summed E-state index contributed by atoms with van der Waals surface area (Å²) < 4.78 is 1.98. The highest BCUT2D eigenvalue weighted by Crippen LogP contribution is 2.15. The molecule has 1 N–H and O–H groups in total. The fraction of sp³-hybridized carbons (Fsp3) is 0.583. The second kappa shape index (κ2) is 6.06. The highest BCUT2D eigenvalue weighted by atomic mass is 35.5. The van der Waals surface area contributed by atoms with Gasteiger partial charge in [0.1, 0.15) is 0 Å². The standard InChI is InChI=1S/C12H20ClN3/c1-5-11-10(8-14-7-9(3)13)12(6-2)16(4)15-11/h14H,3,5-8H2,1-2,4H3. The van der Waals surface area contributed by atoms with Crippen molar-refractivity contribution in [3.05, 3.63) is 28.6 Å². The van der Waals surface area contributed by atoms with Crippen LogP contribution in [0.3, 0.4) is 0 Å². The molecule has 0 atom stereocenters. The number of hydrogen-bond donors (Lipinski definition) is 1.